The predicted molar refractivity (Wildman–Crippen MR) is 66.2 cm³/mol. The van der Waals surface area contributed by atoms with Gasteiger partial charge in [-0.15, -0.1) is 0 Å². The van der Waals surface area contributed by atoms with E-state index in [1.54, 1.807) is 0 Å². The lowest BCUT2D eigenvalue weighted by molar-refractivity contribution is 0.185. The van der Waals surface area contributed by atoms with Crippen molar-refractivity contribution < 1.29 is 4.74 Å². The molecule has 3 rings (SSSR count). The molecule has 1 aromatic carbocycles. The number of fused-ring (bicyclic) bond motifs is 2. The van der Waals surface area contributed by atoms with Crippen LogP contribution in [0.15, 0.2) is 18.2 Å². The van der Waals surface area contributed by atoms with Crippen LogP contribution in [0.25, 0.3) is 0 Å². The molecule has 0 radical (unpaired) electrons. The van der Waals surface area contributed by atoms with E-state index in [9.17, 15) is 0 Å². The van der Waals surface area contributed by atoms with E-state index >= 15 is 0 Å². The largest absolute Gasteiger partial charge is 0.383 e. The van der Waals surface area contributed by atoms with E-state index < -0.39 is 0 Å². The first kappa shape index (κ1) is 9.97. The Morgan fingerprint density at radius 3 is 3.12 bits per heavy atom. The summed E-state index contributed by atoms with van der Waals surface area (Å²) in [6.45, 7) is 4.90. The van der Waals surface area contributed by atoms with Gasteiger partial charge in [-0.3, -0.25) is 0 Å². The van der Waals surface area contributed by atoms with Crippen LogP contribution in [0.2, 0.25) is 0 Å². The van der Waals surface area contributed by atoms with E-state index in [1.807, 2.05) is 0 Å². The van der Waals surface area contributed by atoms with Gasteiger partial charge in [0.15, 0.2) is 0 Å². The van der Waals surface area contributed by atoms with Crippen LogP contribution in [0.5, 0.6) is 0 Å². The van der Waals surface area contributed by atoms with Crippen molar-refractivity contribution in [2.45, 2.75) is 13.0 Å². The lowest BCUT2D eigenvalue weighted by Gasteiger charge is -2.27. The van der Waals surface area contributed by atoms with Crippen molar-refractivity contribution in [3.05, 3.63) is 23.8 Å². The summed E-state index contributed by atoms with van der Waals surface area (Å²) in [7, 11) is 2.17. The number of benzene rings is 1. The average Bonchev–Trinajstić information content (AvgIpc) is 2.69. The Morgan fingerprint density at radius 2 is 2.25 bits per heavy atom. The first-order chi connectivity index (χ1) is 7.75. The lowest BCUT2D eigenvalue weighted by atomic mass is 10.0. The van der Waals surface area contributed by atoms with Crippen LogP contribution >= 0.6 is 0 Å². The quantitative estimate of drug-likeness (QED) is 0.719. The van der Waals surface area contributed by atoms with Gasteiger partial charge >= 0.3 is 0 Å². The molecular formula is C13H18N2O. The van der Waals surface area contributed by atoms with Gasteiger partial charge in [-0.25, -0.2) is 0 Å². The molecule has 1 N–H and O–H groups in total. The molecule has 86 valence electrons. The van der Waals surface area contributed by atoms with Crippen LogP contribution in [0, 0.1) is 12.8 Å². The molecular weight excluding hydrogens is 200 g/mol. The third-order valence-corrected chi connectivity index (χ3v) is 3.75. The van der Waals surface area contributed by atoms with Gasteiger partial charge in [0.2, 0.25) is 0 Å². The Balaban J connectivity index is 2.01. The molecule has 2 aliphatic heterocycles. The smallest absolute Gasteiger partial charge is 0.0674 e. The van der Waals surface area contributed by atoms with Crippen molar-refractivity contribution >= 4 is 11.4 Å². The van der Waals surface area contributed by atoms with Gasteiger partial charge in [-0.1, -0.05) is 6.07 Å². The fraction of sp³-hybridized carbons (Fsp3) is 0.538. The Kier molecular flexibility index (Phi) is 2.28. The summed E-state index contributed by atoms with van der Waals surface area (Å²) in [4.78, 5) is 2.37. The zero-order valence-corrected chi connectivity index (χ0v) is 9.86. The summed E-state index contributed by atoms with van der Waals surface area (Å²) in [6, 6.07) is 7.13. The summed E-state index contributed by atoms with van der Waals surface area (Å²) in [5, 5.41) is 3.55. The summed E-state index contributed by atoms with van der Waals surface area (Å²) in [6.07, 6.45) is 0. The molecule has 2 unspecified atom stereocenters. The number of rotatable bonds is 0. The summed E-state index contributed by atoms with van der Waals surface area (Å²) in [5.41, 5.74) is 3.86. The number of aryl methyl sites for hydroxylation is 1. The second kappa shape index (κ2) is 3.67. The Labute approximate surface area is 96.4 Å². The minimum atomic E-state index is 0.524. The van der Waals surface area contributed by atoms with E-state index in [1.165, 1.54) is 16.9 Å². The van der Waals surface area contributed by atoms with Crippen molar-refractivity contribution in [2.75, 3.05) is 37.0 Å². The molecule has 0 aliphatic carbocycles. The number of ether oxygens (including phenoxy) is 1. The molecule has 3 nitrogen and oxygen atoms in total. The van der Waals surface area contributed by atoms with E-state index in [0.717, 1.165) is 19.8 Å². The zero-order valence-electron chi connectivity index (χ0n) is 9.86. The zero-order chi connectivity index (χ0) is 11.1. The van der Waals surface area contributed by atoms with E-state index in [4.69, 9.17) is 4.74 Å². The van der Waals surface area contributed by atoms with Crippen LogP contribution in [0.4, 0.5) is 11.4 Å². The van der Waals surface area contributed by atoms with E-state index in [2.05, 4.69) is 42.4 Å². The molecule has 1 fully saturated rings. The Morgan fingerprint density at radius 1 is 1.38 bits per heavy atom. The van der Waals surface area contributed by atoms with Crippen molar-refractivity contribution in [3.8, 4) is 0 Å². The van der Waals surface area contributed by atoms with Crippen molar-refractivity contribution in [1.29, 1.82) is 0 Å². The molecule has 3 heteroatoms. The van der Waals surface area contributed by atoms with Gasteiger partial charge in [-0.2, -0.15) is 0 Å². The number of hydrogen-bond acceptors (Lipinski definition) is 3. The highest BCUT2D eigenvalue weighted by Crippen LogP contribution is 2.34. The van der Waals surface area contributed by atoms with Crippen molar-refractivity contribution in [2.24, 2.45) is 5.92 Å². The fourth-order valence-corrected chi connectivity index (χ4v) is 2.73. The highest BCUT2D eigenvalue weighted by atomic mass is 16.5. The Hall–Kier alpha value is -1.22. The molecule has 0 saturated carbocycles. The Bertz CT molecular complexity index is 405. The standard InChI is InChI=1S/C13H18N2O/c1-9-3-4-12-11(5-9)14-6-10-7-16-8-13(10)15(12)2/h3-5,10,13-14H,6-8H2,1-2H3. The van der Waals surface area contributed by atoms with Crippen LogP contribution in [0.1, 0.15) is 5.56 Å². The molecule has 16 heavy (non-hydrogen) atoms. The van der Waals surface area contributed by atoms with Gasteiger partial charge in [-0.05, 0) is 24.6 Å². The summed E-state index contributed by atoms with van der Waals surface area (Å²) < 4.78 is 5.57. The molecule has 0 bridgehead atoms. The number of hydrogen-bond donors (Lipinski definition) is 1. The number of anilines is 2. The normalized spacial score (nSPS) is 28.0. The van der Waals surface area contributed by atoms with Gasteiger partial charge in [0.25, 0.3) is 0 Å². The van der Waals surface area contributed by atoms with Crippen LogP contribution in [-0.4, -0.2) is 32.8 Å². The monoisotopic (exact) mass is 218 g/mol. The molecule has 2 heterocycles. The second-order valence-electron chi connectivity index (χ2n) is 4.88. The maximum absolute atomic E-state index is 5.57. The summed E-state index contributed by atoms with van der Waals surface area (Å²) in [5.74, 6) is 0.609. The topological polar surface area (TPSA) is 24.5 Å². The van der Waals surface area contributed by atoms with Crippen LogP contribution in [0.3, 0.4) is 0 Å². The molecule has 0 amide bonds. The average molecular weight is 218 g/mol. The molecule has 0 spiro atoms. The molecule has 2 atom stereocenters. The minimum Gasteiger partial charge on any atom is -0.383 e. The first-order valence-corrected chi connectivity index (χ1v) is 5.91. The van der Waals surface area contributed by atoms with Crippen LogP contribution in [-0.2, 0) is 4.74 Å². The minimum absolute atomic E-state index is 0.524. The predicted octanol–water partition coefficient (Wildman–Crippen LogP) is 1.87. The van der Waals surface area contributed by atoms with Gasteiger partial charge < -0.3 is 15.0 Å². The molecule has 0 aromatic heterocycles. The van der Waals surface area contributed by atoms with E-state index in [-0.39, 0.29) is 0 Å². The SMILES string of the molecule is Cc1ccc2c(c1)NCC1COCC1N2C. The van der Waals surface area contributed by atoms with Crippen LogP contribution < -0.4 is 10.2 Å². The number of nitrogens with one attached hydrogen (secondary N) is 1. The van der Waals surface area contributed by atoms with Gasteiger partial charge in [0.1, 0.15) is 0 Å². The molecule has 1 saturated heterocycles. The van der Waals surface area contributed by atoms with Gasteiger partial charge in [0.05, 0.1) is 30.6 Å². The second-order valence-corrected chi connectivity index (χ2v) is 4.88. The number of likely N-dealkylation sites (N-methyl/N-ethyl adjacent to an activating group) is 1. The third-order valence-electron chi connectivity index (χ3n) is 3.75. The highest BCUT2D eigenvalue weighted by molar-refractivity contribution is 5.72. The van der Waals surface area contributed by atoms with Crippen molar-refractivity contribution in [1.82, 2.24) is 0 Å². The first-order valence-electron chi connectivity index (χ1n) is 5.91. The highest BCUT2D eigenvalue weighted by Gasteiger charge is 2.34. The maximum Gasteiger partial charge on any atom is 0.0674 e. The number of nitrogens with zero attached hydrogens (tertiary/aromatic N) is 1. The summed E-state index contributed by atoms with van der Waals surface area (Å²) >= 11 is 0. The fourth-order valence-electron chi connectivity index (χ4n) is 2.73. The van der Waals surface area contributed by atoms with Crippen molar-refractivity contribution in [3.63, 3.8) is 0 Å². The van der Waals surface area contributed by atoms with E-state index in [0.29, 0.717) is 12.0 Å². The third kappa shape index (κ3) is 1.47. The van der Waals surface area contributed by atoms with Gasteiger partial charge in [0, 0.05) is 19.5 Å². The molecule has 1 aromatic rings. The molecule has 2 aliphatic rings. The maximum atomic E-state index is 5.57. The lowest BCUT2D eigenvalue weighted by Crippen LogP contribution is -2.37.